The average Bonchev–Trinajstić information content (AvgIpc) is 2.51. The number of nitrogens with zero attached hydrogens (tertiary/aromatic N) is 1. The molecule has 0 bridgehead atoms. The van der Waals surface area contributed by atoms with Gasteiger partial charge in [-0.3, -0.25) is 4.79 Å². The van der Waals surface area contributed by atoms with Crippen LogP contribution in [0.5, 0.6) is 0 Å². The van der Waals surface area contributed by atoms with E-state index in [2.05, 4.69) is 17.2 Å². The monoisotopic (exact) mass is 264 g/mol. The van der Waals surface area contributed by atoms with E-state index in [0.29, 0.717) is 0 Å². The van der Waals surface area contributed by atoms with Crippen LogP contribution in [-0.4, -0.2) is 21.6 Å². The molecule has 17 heavy (non-hydrogen) atoms. The molecule has 0 spiro atoms. The molecule has 1 aromatic carbocycles. The number of halogens is 4. The molecule has 0 aliphatic rings. The number of aromatic nitrogens is 2. The zero-order valence-corrected chi connectivity index (χ0v) is 8.82. The minimum absolute atomic E-state index is 0.161. The molecule has 1 aromatic heterocycles. The van der Waals surface area contributed by atoms with Gasteiger partial charge in [0.1, 0.15) is 5.82 Å². The Morgan fingerprint density at radius 3 is 2.59 bits per heavy atom. The van der Waals surface area contributed by atoms with Crippen molar-refractivity contribution in [2.75, 3.05) is 0 Å². The SMILES string of the molecule is O=C(n1c(=S)[nH]c2ccc(F)cc21)C(F)(F)F. The topological polar surface area (TPSA) is 37.8 Å². The van der Waals surface area contributed by atoms with Gasteiger partial charge in [0.15, 0.2) is 4.77 Å². The van der Waals surface area contributed by atoms with Crippen molar-refractivity contribution in [3.8, 4) is 0 Å². The number of carbonyl (C=O) groups is 1. The summed E-state index contributed by atoms with van der Waals surface area (Å²) in [5.41, 5.74) is -0.0775. The number of rotatable bonds is 0. The van der Waals surface area contributed by atoms with Crippen LogP contribution in [0.4, 0.5) is 17.6 Å². The first-order valence-electron chi connectivity index (χ1n) is 4.32. The molecule has 0 amide bonds. The Kier molecular flexibility index (Phi) is 2.53. The van der Waals surface area contributed by atoms with E-state index in [-0.39, 0.29) is 15.6 Å². The molecule has 0 atom stereocenters. The number of carbonyl (C=O) groups excluding carboxylic acids is 1. The molecule has 1 heterocycles. The van der Waals surface area contributed by atoms with E-state index in [9.17, 15) is 22.4 Å². The van der Waals surface area contributed by atoms with Gasteiger partial charge in [0.2, 0.25) is 0 Å². The molecule has 0 fully saturated rings. The van der Waals surface area contributed by atoms with E-state index in [1.807, 2.05) is 0 Å². The van der Waals surface area contributed by atoms with Crippen molar-refractivity contribution < 1.29 is 22.4 Å². The number of aromatic amines is 1. The highest BCUT2D eigenvalue weighted by Crippen LogP contribution is 2.22. The lowest BCUT2D eigenvalue weighted by Gasteiger charge is -2.06. The van der Waals surface area contributed by atoms with Crippen molar-refractivity contribution in [1.29, 1.82) is 0 Å². The third kappa shape index (κ3) is 1.95. The fourth-order valence-corrected chi connectivity index (χ4v) is 1.70. The standard InChI is InChI=1S/C9H4F4N2OS/c10-4-1-2-5-6(3-4)15(8(17)14-5)7(16)9(11,12)13/h1-3H,(H,14,17). The van der Waals surface area contributed by atoms with Crippen molar-refractivity contribution in [3.05, 3.63) is 28.8 Å². The first-order valence-corrected chi connectivity index (χ1v) is 4.73. The van der Waals surface area contributed by atoms with Crippen LogP contribution in [0.15, 0.2) is 18.2 Å². The van der Waals surface area contributed by atoms with Crippen LogP contribution in [0, 0.1) is 10.6 Å². The third-order valence-corrected chi connectivity index (χ3v) is 2.38. The molecule has 90 valence electrons. The Hall–Kier alpha value is -1.70. The van der Waals surface area contributed by atoms with Crippen LogP contribution in [0.2, 0.25) is 0 Å². The van der Waals surface area contributed by atoms with Crippen molar-refractivity contribution in [2.45, 2.75) is 6.18 Å². The van der Waals surface area contributed by atoms with Gasteiger partial charge < -0.3 is 4.98 Å². The molecule has 0 aliphatic carbocycles. The summed E-state index contributed by atoms with van der Waals surface area (Å²) in [6.45, 7) is 0. The molecule has 0 unspecified atom stereocenters. The van der Waals surface area contributed by atoms with E-state index >= 15 is 0 Å². The van der Waals surface area contributed by atoms with Gasteiger partial charge in [-0.05, 0) is 24.4 Å². The normalized spacial score (nSPS) is 12.0. The number of nitrogens with one attached hydrogen (secondary N) is 1. The molecule has 2 aromatic rings. The predicted octanol–water partition coefficient (Wildman–Crippen LogP) is 3.04. The third-order valence-electron chi connectivity index (χ3n) is 2.09. The zero-order valence-electron chi connectivity index (χ0n) is 8.01. The maximum atomic E-state index is 12.9. The number of fused-ring (bicyclic) bond motifs is 1. The summed E-state index contributed by atoms with van der Waals surface area (Å²) in [5, 5.41) is 0. The lowest BCUT2D eigenvalue weighted by molar-refractivity contribution is -0.0944. The fraction of sp³-hybridized carbons (Fsp3) is 0.111. The largest absolute Gasteiger partial charge is 0.472 e. The van der Waals surface area contributed by atoms with Gasteiger partial charge in [-0.2, -0.15) is 13.2 Å². The van der Waals surface area contributed by atoms with Gasteiger partial charge in [-0.15, -0.1) is 0 Å². The molecule has 0 aliphatic heterocycles. The smallest absolute Gasteiger partial charge is 0.330 e. The molecule has 0 saturated carbocycles. The number of hydrogen-bond acceptors (Lipinski definition) is 2. The van der Waals surface area contributed by atoms with E-state index in [1.54, 1.807) is 0 Å². The lowest BCUT2D eigenvalue weighted by Crippen LogP contribution is -2.29. The summed E-state index contributed by atoms with van der Waals surface area (Å²) in [7, 11) is 0. The van der Waals surface area contributed by atoms with Crippen molar-refractivity contribution in [1.82, 2.24) is 9.55 Å². The van der Waals surface area contributed by atoms with Crippen molar-refractivity contribution >= 4 is 29.2 Å². The first-order chi connectivity index (χ1) is 7.80. The highest BCUT2D eigenvalue weighted by Gasteiger charge is 2.41. The molecular formula is C9H4F4N2OS. The van der Waals surface area contributed by atoms with E-state index < -0.39 is 22.7 Å². The Morgan fingerprint density at radius 2 is 2.00 bits per heavy atom. The van der Waals surface area contributed by atoms with Crippen molar-refractivity contribution in [2.24, 2.45) is 0 Å². The Balaban J connectivity index is 2.77. The van der Waals surface area contributed by atoms with Crippen LogP contribution >= 0.6 is 12.2 Å². The fourth-order valence-electron chi connectivity index (χ4n) is 1.40. The lowest BCUT2D eigenvalue weighted by atomic mass is 10.3. The van der Waals surface area contributed by atoms with Crippen LogP contribution < -0.4 is 0 Å². The van der Waals surface area contributed by atoms with Gasteiger partial charge in [-0.1, -0.05) is 0 Å². The number of H-pyrrole nitrogens is 1. The molecule has 0 saturated heterocycles. The number of hydrogen-bond donors (Lipinski definition) is 1. The first kappa shape index (κ1) is 11.8. The molecule has 0 radical (unpaired) electrons. The molecule has 3 nitrogen and oxygen atoms in total. The van der Waals surface area contributed by atoms with E-state index in [1.165, 1.54) is 6.07 Å². The van der Waals surface area contributed by atoms with E-state index in [0.717, 1.165) is 12.1 Å². The van der Waals surface area contributed by atoms with E-state index in [4.69, 9.17) is 0 Å². The van der Waals surface area contributed by atoms with Crippen molar-refractivity contribution in [3.63, 3.8) is 0 Å². The second-order valence-electron chi connectivity index (χ2n) is 3.23. The minimum atomic E-state index is -5.07. The van der Waals surface area contributed by atoms with Crippen LogP contribution in [0.3, 0.4) is 0 Å². The number of benzene rings is 1. The zero-order chi connectivity index (χ0) is 12.8. The van der Waals surface area contributed by atoms with Gasteiger partial charge in [0.05, 0.1) is 11.0 Å². The summed E-state index contributed by atoms with van der Waals surface area (Å²) in [4.78, 5) is 13.5. The molecule has 8 heteroatoms. The molecule has 2 rings (SSSR count). The summed E-state index contributed by atoms with van der Waals surface area (Å²) in [5.74, 6) is -2.91. The van der Waals surface area contributed by atoms with Gasteiger partial charge >= 0.3 is 12.1 Å². The van der Waals surface area contributed by atoms with Crippen LogP contribution in [0.1, 0.15) is 4.79 Å². The predicted molar refractivity (Wildman–Crippen MR) is 53.8 cm³/mol. The quantitative estimate of drug-likeness (QED) is 0.586. The minimum Gasteiger partial charge on any atom is -0.330 e. The van der Waals surface area contributed by atoms with Gasteiger partial charge in [-0.25, -0.2) is 8.96 Å². The Bertz CT molecular complexity index is 655. The number of alkyl halides is 3. The van der Waals surface area contributed by atoms with Gasteiger partial charge in [0.25, 0.3) is 0 Å². The summed E-state index contributed by atoms with van der Waals surface area (Å²) >= 11 is 4.61. The highest BCUT2D eigenvalue weighted by atomic mass is 32.1. The van der Waals surface area contributed by atoms with Crippen LogP contribution in [-0.2, 0) is 0 Å². The Morgan fingerprint density at radius 1 is 1.35 bits per heavy atom. The maximum absolute atomic E-state index is 12.9. The van der Waals surface area contributed by atoms with Gasteiger partial charge in [0, 0.05) is 6.07 Å². The number of imidazole rings is 1. The van der Waals surface area contributed by atoms with Crippen LogP contribution in [0.25, 0.3) is 11.0 Å². The summed E-state index contributed by atoms with van der Waals surface area (Å²) in [6.07, 6.45) is -5.07. The second kappa shape index (κ2) is 3.66. The summed E-state index contributed by atoms with van der Waals surface area (Å²) < 4.78 is 49.6. The molecule has 1 N–H and O–H groups in total. The average molecular weight is 264 g/mol. The summed E-state index contributed by atoms with van der Waals surface area (Å²) in [6, 6.07) is 3.07. The maximum Gasteiger partial charge on any atom is 0.472 e. The second-order valence-corrected chi connectivity index (χ2v) is 3.62. The highest BCUT2D eigenvalue weighted by molar-refractivity contribution is 7.71. The Labute approximate surface area is 96.7 Å². The molecular weight excluding hydrogens is 260 g/mol.